The van der Waals surface area contributed by atoms with Crippen molar-refractivity contribution in [2.24, 2.45) is 5.73 Å². The molecule has 1 saturated carbocycles. The van der Waals surface area contributed by atoms with Gasteiger partial charge in [-0.1, -0.05) is 0 Å². The molecule has 2 heterocycles. The van der Waals surface area contributed by atoms with E-state index in [-0.39, 0.29) is 0 Å². The number of carboxylic acid groups (broad SMARTS) is 1. The minimum atomic E-state index is -5.19. The molecule has 0 aromatic carbocycles. The number of quaternary nitrogens is 1. The summed E-state index contributed by atoms with van der Waals surface area (Å²) < 4.78 is 33.7. The molecule has 0 saturated heterocycles. The highest BCUT2D eigenvalue weighted by molar-refractivity contribution is 5.97. The Morgan fingerprint density at radius 1 is 1.38 bits per heavy atom. The number of hydrogen-bond donors (Lipinski definition) is 2. The molecule has 130 valence electrons. The number of amides is 1. The number of aliphatic carboxylic acids is 1. The van der Waals surface area contributed by atoms with Crippen LogP contribution in [0, 0.1) is 11.3 Å². The molecule has 4 N–H and O–H groups in total. The minimum Gasteiger partial charge on any atom is -0.542 e. The van der Waals surface area contributed by atoms with Gasteiger partial charge in [-0.2, -0.15) is 18.4 Å². The summed E-state index contributed by atoms with van der Waals surface area (Å²) in [6.45, 7) is 2.63. The standard InChI is InChI=1S/C12H14N4O.C2HF3O2/c13-5-8-10(12(14)17)9-6-15-3-4-16(9)11(8)7-1-2-7;3-2(4,5)1(6)7/h7,15H,1-4,6H2,(H2,14,17);(H,6,7). The number of rotatable bonds is 2. The van der Waals surface area contributed by atoms with Gasteiger partial charge in [-0.05, 0) is 12.8 Å². The number of fused-ring (bicyclic) bond motifs is 1. The number of nitrogens with zero attached hydrogens (tertiary/aromatic N) is 2. The highest BCUT2D eigenvalue weighted by atomic mass is 19.4. The van der Waals surface area contributed by atoms with Crippen LogP contribution in [-0.4, -0.2) is 29.2 Å². The lowest BCUT2D eigenvalue weighted by atomic mass is 10.1. The van der Waals surface area contributed by atoms with E-state index in [0.29, 0.717) is 17.0 Å². The van der Waals surface area contributed by atoms with Crippen molar-refractivity contribution in [3.63, 3.8) is 0 Å². The Morgan fingerprint density at radius 2 is 1.96 bits per heavy atom. The van der Waals surface area contributed by atoms with Crippen LogP contribution in [0.3, 0.4) is 0 Å². The van der Waals surface area contributed by atoms with Crippen molar-refractivity contribution in [1.29, 1.82) is 5.26 Å². The number of carbonyl (C=O) groups excluding carboxylic acids is 2. The monoisotopic (exact) mass is 344 g/mol. The number of carbonyl (C=O) groups is 2. The van der Waals surface area contributed by atoms with Crippen LogP contribution < -0.4 is 16.2 Å². The number of halogens is 3. The van der Waals surface area contributed by atoms with Gasteiger partial charge in [0.25, 0.3) is 5.91 Å². The van der Waals surface area contributed by atoms with Gasteiger partial charge in [0, 0.05) is 11.6 Å². The zero-order chi connectivity index (χ0) is 18.1. The van der Waals surface area contributed by atoms with Crippen LogP contribution in [0.5, 0.6) is 0 Å². The number of primary amides is 1. The van der Waals surface area contributed by atoms with Gasteiger partial charge in [-0.25, -0.2) is 0 Å². The molecule has 1 aliphatic heterocycles. The summed E-state index contributed by atoms with van der Waals surface area (Å²) in [6, 6.07) is 2.19. The van der Waals surface area contributed by atoms with Gasteiger partial charge in [-0.15, -0.1) is 0 Å². The number of aromatic nitrogens is 1. The lowest BCUT2D eigenvalue weighted by Gasteiger charge is -2.17. The first-order valence-electron chi connectivity index (χ1n) is 7.23. The summed E-state index contributed by atoms with van der Waals surface area (Å²) in [5.74, 6) is -3.00. The Hall–Kier alpha value is -2.54. The van der Waals surface area contributed by atoms with Crippen LogP contribution in [-0.2, 0) is 17.9 Å². The van der Waals surface area contributed by atoms with Crippen molar-refractivity contribution < 1.29 is 33.2 Å². The van der Waals surface area contributed by atoms with E-state index < -0.39 is 18.1 Å². The molecule has 0 radical (unpaired) electrons. The first-order chi connectivity index (χ1) is 11.2. The molecule has 3 rings (SSSR count). The molecule has 0 atom stereocenters. The normalized spacial score (nSPS) is 16.4. The number of hydrogen-bond acceptors (Lipinski definition) is 4. The maximum absolute atomic E-state index is 11.6. The van der Waals surface area contributed by atoms with E-state index in [1.54, 1.807) is 0 Å². The van der Waals surface area contributed by atoms with Crippen LogP contribution in [0.1, 0.15) is 46.1 Å². The summed E-state index contributed by atoms with van der Waals surface area (Å²) in [7, 11) is 0. The molecule has 1 fully saturated rings. The van der Waals surface area contributed by atoms with E-state index in [2.05, 4.69) is 16.0 Å². The fraction of sp³-hybridized carbons (Fsp3) is 0.500. The number of nitriles is 1. The second-order valence-electron chi connectivity index (χ2n) is 5.55. The second-order valence-corrected chi connectivity index (χ2v) is 5.55. The van der Waals surface area contributed by atoms with Crippen molar-refractivity contribution in [2.75, 3.05) is 6.54 Å². The van der Waals surface area contributed by atoms with Crippen LogP contribution in [0.15, 0.2) is 0 Å². The molecule has 1 aliphatic carbocycles. The predicted octanol–water partition coefficient (Wildman–Crippen LogP) is -1.29. The third kappa shape index (κ3) is 3.51. The predicted molar refractivity (Wildman–Crippen MR) is 71.2 cm³/mol. The third-order valence-electron chi connectivity index (χ3n) is 3.86. The van der Waals surface area contributed by atoms with E-state index >= 15 is 0 Å². The first-order valence-corrected chi connectivity index (χ1v) is 7.23. The summed E-state index contributed by atoms with van der Waals surface area (Å²) in [5, 5.41) is 20.2. The van der Waals surface area contributed by atoms with E-state index in [9.17, 15) is 23.2 Å². The average Bonchev–Trinajstić information content (AvgIpc) is 3.27. The van der Waals surface area contributed by atoms with Crippen molar-refractivity contribution in [3.8, 4) is 6.07 Å². The molecule has 1 aromatic heterocycles. The third-order valence-corrected chi connectivity index (χ3v) is 3.86. The molecule has 0 bridgehead atoms. The van der Waals surface area contributed by atoms with Crippen LogP contribution >= 0.6 is 0 Å². The second kappa shape index (κ2) is 6.52. The smallest absolute Gasteiger partial charge is 0.430 e. The highest BCUT2D eigenvalue weighted by Gasteiger charge is 2.36. The summed E-state index contributed by atoms with van der Waals surface area (Å²) in [4.78, 5) is 20.3. The van der Waals surface area contributed by atoms with Gasteiger partial charge in [0.15, 0.2) is 0 Å². The lowest BCUT2D eigenvalue weighted by molar-refractivity contribution is -0.677. The average molecular weight is 344 g/mol. The molecular weight excluding hydrogens is 329 g/mol. The Morgan fingerprint density at radius 3 is 2.38 bits per heavy atom. The van der Waals surface area contributed by atoms with Crippen molar-refractivity contribution in [2.45, 2.75) is 38.0 Å². The number of carboxylic acids is 1. The lowest BCUT2D eigenvalue weighted by Crippen LogP contribution is -2.85. The molecule has 0 spiro atoms. The zero-order valence-electron chi connectivity index (χ0n) is 12.5. The molecule has 2 aliphatic rings. The largest absolute Gasteiger partial charge is 0.542 e. The number of nitrogens with two attached hydrogens (primary N) is 2. The van der Waals surface area contributed by atoms with E-state index in [1.165, 1.54) is 0 Å². The zero-order valence-corrected chi connectivity index (χ0v) is 12.5. The van der Waals surface area contributed by atoms with E-state index in [1.807, 2.05) is 0 Å². The molecule has 7 nitrogen and oxygen atoms in total. The van der Waals surface area contributed by atoms with Crippen LogP contribution in [0.25, 0.3) is 0 Å². The van der Waals surface area contributed by atoms with Gasteiger partial charge in [-0.3, -0.25) is 4.79 Å². The molecular formula is C14H15F3N4O3. The summed E-state index contributed by atoms with van der Waals surface area (Å²) >= 11 is 0. The fourth-order valence-electron chi connectivity index (χ4n) is 2.77. The Kier molecular flexibility index (Phi) is 4.84. The molecule has 1 aromatic rings. The summed E-state index contributed by atoms with van der Waals surface area (Å²) in [5.41, 5.74) is 8.43. The molecule has 0 unspecified atom stereocenters. The van der Waals surface area contributed by atoms with Gasteiger partial charge in [0.1, 0.15) is 18.6 Å². The number of alkyl halides is 3. The van der Waals surface area contributed by atoms with Gasteiger partial charge in [0.2, 0.25) is 0 Å². The molecule has 10 heteroatoms. The van der Waals surface area contributed by atoms with Crippen LogP contribution in [0.2, 0.25) is 0 Å². The highest BCUT2D eigenvalue weighted by Crippen LogP contribution is 2.44. The van der Waals surface area contributed by atoms with E-state index in [0.717, 1.165) is 43.9 Å². The van der Waals surface area contributed by atoms with Crippen molar-refractivity contribution in [1.82, 2.24) is 4.57 Å². The Labute approximate surface area is 134 Å². The van der Waals surface area contributed by atoms with Gasteiger partial charge >= 0.3 is 6.18 Å². The van der Waals surface area contributed by atoms with Crippen molar-refractivity contribution in [3.05, 3.63) is 22.5 Å². The molecule has 1 amide bonds. The quantitative estimate of drug-likeness (QED) is 0.692. The van der Waals surface area contributed by atoms with Crippen molar-refractivity contribution >= 4 is 11.9 Å². The molecule has 24 heavy (non-hydrogen) atoms. The van der Waals surface area contributed by atoms with Gasteiger partial charge in [0.05, 0.1) is 29.9 Å². The maximum Gasteiger partial charge on any atom is 0.430 e. The SMILES string of the molecule is N#Cc1c(C(N)=O)c2n(c1C1CC1)CC[NH2+]C2.O=C([O-])C(F)(F)F. The fourth-order valence-corrected chi connectivity index (χ4v) is 2.77. The topological polar surface area (TPSA) is 129 Å². The van der Waals surface area contributed by atoms with E-state index in [4.69, 9.17) is 15.6 Å². The minimum absolute atomic E-state index is 0.463. The Balaban J connectivity index is 0.000000256. The Bertz CT molecular complexity index is 714. The van der Waals surface area contributed by atoms with Crippen LogP contribution in [0.4, 0.5) is 13.2 Å². The van der Waals surface area contributed by atoms with Gasteiger partial charge < -0.3 is 25.5 Å². The maximum atomic E-state index is 11.6. The first kappa shape index (κ1) is 17.8. The summed E-state index contributed by atoms with van der Waals surface area (Å²) in [6.07, 6.45) is -2.94.